The predicted molar refractivity (Wildman–Crippen MR) is 134 cm³/mol. The monoisotopic (exact) mass is 498 g/mol. The van der Waals surface area contributed by atoms with Crippen molar-refractivity contribution in [2.24, 2.45) is 5.92 Å². The Morgan fingerprint density at radius 1 is 0.857 bits per heavy atom. The molecule has 0 aromatic heterocycles. The molecule has 4 rings (SSSR count). The molecule has 4 amide bonds. The Hall–Kier alpha value is -3.26. The first kappa shape index (κ1) is 24.9. The lowest BCUT2D eigenvalue weighted by molar-refractivity contribution is -0.141. The van der Waals surface area contributed by atoms with Gasteiger partial charge in [-0.25, -0.2) is 4.79 Å². The number of piperidine rings is 1. The van der Waals surface area contributed by atoms with E-state index in [0.29, 0.717) is 68.6 Å². The molecule has 1 N–H and O–H groups in total. The third-order valence-corrected chi connectivity index (χ3v) is 6.71. The van der Waals surface area contributed by atoms with Gasteiger partial charge in [-0.05, 0) is 49.6 Å². The molecule has 8 nitrogen and oxygen atoms in total. The highest BCUT2D eigenvalue weighted by molar-refractivity contribution is 6.30. The molecular weight excluding hydrogens is 468 g/mol. The second-order valence-corrected chi connectivity index (χ2v) is 9.30. The average molecular weight is 499 g/mol. The zero-order valence-corrected chi connectivity index (χ0v) is 20.5. The third kappa shape index (κ3) is 6.88. The molecule has 2 heterocycles. The highest BCUT2D eigenvalue weighted by atomic mass is 35.5. The number of benzene rings is 2. The fraction of sp³-hybridized carbons (Fsp3) is 0.423. The standard InChI is InChI=1S/C26H31ClN4O4/c27-21-6-4-7-22(18-21)28-26(34)31-13-5-12-30(16-17-31)25(33)20-10-14-29(15-11-20)24(32)19-35-23-8-2-1-3-9-23/h1-4,6-9,18,20H,5,10-17,19H2,(H,28,34). The lowest BCUT2D eigenvalue weighted by Crippen LogP contribution is -2.46. The molecule has 2 aromatic rings. The number of carbonyl (C=O) groups is 3. The minimum Gasteiger partial charge on any atom is -0.484 e. The van der Waals surface area contributed by atoms with Crippen LogP contribution in [0.3, 0.4) is 0 Å². The number of nitrogens with zero attached hydrogens (tertiary/aromatic N) is 3. The van der Waals surface area contributed by atoms with Crippen LogP contribution in [0.1, 0.15) is 19.3 Å². The Labute approximate surface area is 210 Å². The van der Waals surface area contributed by atoms with Gasteiger partial charge in [-0.3, -0.25) is 9.59 Å². The first-order chi connectivity index (χ1) is 17.0. The number of halogens is 1. The second kappa shape index (κ2) is 11.9. The van der Waals surface area contributed by atoms with Crippen molar-refractivity contribution in [2.45, 2.75) is 19.3 Å². The van der Waals surface area contributed by atoms with Crippen molar-refractivity contribution in [3.63, 3.8) is 0 Å². The molecule has 9 heteroatoms. The highest BCUT2D eigenvalue weighted by Crippen LogP contribution is 2.22. The summed E-state index contributed by atoms with van der Waals surface area (Å²) in [4.78, 5) is 43.7. The second-order valence-electron chi connectivity index (χ2n) is 8.86. The zero-order chi connectivity index (χ0) is 24.6. The number of urea groups is 1. The van der Waals surface area contributed by atoms with E-state index in [1.807, 2.05) is 35.2 Å². The van der Waals surface area contributed by atoms with Crippen LogP contribution >= 0.6 is 11.6 Å². The van der Waals surface area contributed by atoms with Gasteiger partial charge in [0.05, 0.1) is 0 Å². The van der Waals surface area contributed by atoms with Crippen molar-refractivity contribution in [1.82, 2.24) is 14.7 Å². The number of amides is 4. The van der Waals surface area contributed by atoms with E-state index in [4.69, 9.17) is 16.3 Å². The molecule has 0 spiro atoms. The van der Waals surface area contributed by atoms with Crippen molar-refractivity contribution >= 4 is 35.1 Å². The van der Waals surface area contributed by atoms with Gasteiger partial charge in [0.25, 0.3) is 5.91 Å². The number of nitrogens with one attached hydrogen (secondary N) is 1. The molecular formula is C26H31ClN4O4. The minimum absolute atomic E-state index is 0.00182. The fourth-order valence-corrected chi connectivity index (χ4v) is 4.69. The molecule has 2 aliphatic heterocycles. The maximum absolute atomic E-state index is 13.2. The normalized spacial score (nSPS) is 17.0. The molecule has 0 atom stereocenters. The Balaban J connectivity index is 1.21. The maximum Gasteiger partial charge on any atom is 0.321 e. The number of hydrogen-bond acceptors (Lipinski definition) is 4. The van der Waals surface area contributed by atoms with Crippen LogP contribution in [0.4, 0.5) is 10.5 Å². The molecule has 35 heavy (non-hydrogen) atoms. The summed E-state index contributed by atoms with van der Waals surface area (Å²) in [7, 11) is 0. The first-order valence-electron chi connectivity index (χ1n) is 12.1. The van der Waals surface area contributed by atoms with Crippen molar-refractivity contribution in [2.75, 3.05) is 51.2 Å². The van der Waals surface area contributed by atoms with Gasteiger partial charge in [0.15, 0.2) is 6.61 Å². The van der Waals surface area contributed by atoms with Gasteiger partial charge in [0.1, 0.15) is 5.75 Å². The van der Waals surface area contributed by atoms with E-state index in [1.54, 1.807) is 34.1 Å². The highest BCUT2D eigenvalue weighted by Gasteiger charge is 2.31. The lowest BCUT2D eigenvalue weighted by atomic mass is 9.95. The van der Waals surface area contributed by atoms with E-state index in [0.717, 1.165) is 6.42 Å². The van der Waals surface area contributed by atoms with Gasteiger partial charge < -0.3 is 24.8 Å². The van der Waals surface area contributed by atoms with Crippen LogP contribution in [0.5, 0.6) is 5.75 Å². The number of hydrogen-bond donors (Lipinski definition) is 1. The Kier molecular flexibility index (Phi) is 8.47. The predicted octanol–water partition coefficient (Wildman–Crippen LogP) is 3.72. The Morgan fingerprint density at radius 3 is 2.31 bits per heavy atom. The summed E-state index contributed by atoms with van der Waals surface area (Å²) in [5.74, 6) is 0.633. The average Bonchev–Trinajstić information content (AvgIpc) is 3.14. The summed E-state index contributed by atoms with van der Waals surface area (Å²) in [6, 6.07) is 16.1. The number of ether oxygens (including phenoxy) is 1. The van der Waals surface area contributed by atoms with E-state index < -0.39 is 0 Å². The molecule has 0 unspecified atom stereocenters. The van der Waals surface area contributed by atoms with Gasteiger partial charge in [0, 0.05) is 55.9 Å². The van der Waals surface area contributed by atoms with Crippen molar-refractivity contribution in [3.8, 4) is 5.75 Å². The molecule has 2 aromatic carbocycles. The van der Waals surface area contributed by atoms with Crippen LogP contribution in [-0.4, -0.2) is 78.4 Å². The van der Waals surface area contributed by atoms with Gasteiger partial charge >= 0.3 is 6.03 Å². The summed E-state index contributed by atoms with van der Waals surface area (Å²) in [5.41, 5.74) is 0.648. The topological polar surface area (TPSA) is 82.2 Å². The molecule has 0 bridgehead atoms. The number of carbonyl (C=O) groups excluding carboxylic acids is 3. The summed E-state index contributed by atoms with van der Waals surface area (Å²) in [5, 5.41) is 3.44. The summed E-state index contributed by atoms with van der Waals surface area (Å²) >= 11 is 6.00. The molecule has 186 valence electrons. The van der Waals surface area contributed by atoms with E-state index >= 15 is 0 Å². The van der Waals surface area contributed by atoms with Crippen LogP contribution in [0.25, 0.3) is 0 Å². The smallest absolute Gasteiger partial charge is 0.321 e. The molecule has 0 aliphatic carbocycles. The van der Waals surface area contributed by atoms with Crippen LogP contribution in [0, 0.1) is 5.92 Å². The Morgan fingerprint density at radius 2 is 1.57 bits per heavy atom. The van der Waals surface area contributed by atoms with Gasteiger partial charge in [0.2, 0.25) is 5.91 Å². The molecule has 2 saturated heterocycles. The van der Waals surface area contributed by atoms with Gasteiger partial charge in [-0.1, -0.05) is 35.9 Å². The van der Waals surface area contributed by atoms with Crippen LogP contribution in [0.15, 0.2) is 54.6 Å². The van der Waals surface area contributed by atoms with Crippen LogP contribution in [0.2, 0.25) is 5.02 Å². The minimum atomic E-state index is -0.189. The molecule has 2 aliphatic rings. The molecule has 0 saturated carbocycles. The molecule has 2 fully saturated rings. The van der Waals surface area contributed by atoms with Crippen LogP contribution in [-0.2, 0) is 9.59 Å². The molecule has 0 radical (unpaired) electrons. The number of rotatable bonds is 5. The van der Waals surface area contributed by atoms with E-state index in [1.165, 1.54) is 0 Å². The number of anilines is 1. The number of likely N-dealkylation sites (tertiary alicyclic amines) is 1. The maximum atomic E-state index is 13.2. The zero-order valence-electron chi connectivity index (χ0n) is 19.7. The summed E-state index contributed by atoms with van der Waals surface area (Å²) < 4.78 is 5.57. The lowest BCUT2D eigenvalue weighted by Gasteiger charge is -2.34. The van der Waals surface area contributed by atoms with Crippen molar-refractivity contribution < 1.29 is 19.1 Å². The van der Waals surface area contributed by atoms with Gasteiger partial charge in [-0.15, -0.1) is 0 Å². The SMILES string of the molecule is O=C(COc1ccccc1)N1CCC(C(=O)N2CCCN(C(=O)Nc3cccc(Cl)c3)CC2)CC1. The van der Waals surface area contributed by atoms with E-state index in [9.17, 15) is 14.4 Å². The van der Waals surface area contributed by atoms with E-state index in [2.05, 4.69) is 5.32 Å². The van der Waals surface area contributed by atoms with E-state index in [-0.39, 0.29) is 30.4 Å². The summed E-state index contributed by atoms with van der Waals surface area (Å²) in [6.45, 7) is 3.30. The first-order valence-corrected chi connectivity index (χ1v) is 12.4. The van der Waals surface area contributed by atoms with Crippen LogP contribution < -0.4 is 10.1 Å². The fourth-order valence-electron chi connectivity index (χ4n) is 4.50. The quantitative estimate of drug-likeness (QED) is 0.681. The largest absolute Gasteiger partial charge is 0.484 e. The van der Waals surface area contributed by atoms with Crippen molar-refractivity contribution in [3.05, 3.63) is 59.6 Å². The third-order valence-electron chi connectivity index (χ3n) is 6.47. The summed E-state index contributed by atoms with van der Waals surface area (Å²) in [6.07, 6.45) is 2.01. The Bertz CT molecular complexity index is 1030. The number of para-hydroxylation sites is 1. The van der Waals surface area contributed by atoms with Gasteiger partial charge in [-0.2, -0.15) is 0 Å². The van der Waals surface area contributed by atoms with Crippen molar-refractivity contribution in [1.29, 1.82) is 0 Å².